The van der Waals surface area contributed by atoms with Gasteiger partial charge in [-0.25, -0.2) is 0 Å². The molecule has 3 unspecified atom stereocenters. The lowest BCUT2D eigenvalue weighted by Gasteiger charge is -2.31. The Morgan fingerprint density at radius 1 is 1.21 bits per heavy atom. The number of hydrogen-bond acceptors (Lipinski definition) is 5. The van der Waals surface area contributed by atoms with Gasteiger partial charge in [0.1, 0.15) is 25.0 Å². The van der Waals surface area contributed by atoms with Crippen LogP contribution in [0.2, 0.25) is 0 Å². The molecule has 2 aromatic carbocycles. The number of carbonyl (C=O) groups is 3. The second-order valence-corrected chi connectivity index (χ2v) is 8.44. The number of piperidine rings is 1. The van der Waals surface area contributed by atoms with Crippen molar-refractivity contribution in [3.63, 3.8) is 0 Å². The number of benzene rings is 2. The number of allylic oxidation sites excluding steroid dienone is 1. The first-order valence-electron chi connectivity index (χ1n) is 12.8. The van der Waals surface area contributed by atoms with Crippen LogP contribution >= 0.6 is 0 Å². The van der Waals surface area contributed by atoms with Crippen LogP contribution in [0, 0.1) is 0 Å². The molecule has 0 spiro atoms. The minimum atomic E-state index is -1.26. The number of fused-ring (bicyclic) bond motifs is 1. The lowest BCUT2D eigenvalue weighted by atomic mass is 10.0. The van der Waals surface area contributed by atoms with Crippen LogP contribution in [0.3, 0.4) is 0 Å². The second kappa shape index (κ2) is 9.30. The predicted octanol–water partition coefficient (Wildman–Crippen LogP) is 2.37. The van der Waals surface area contributed by atoms with Gasteiger partial charge in [-0.3, -0.25) is 14.4 Å². The standard InChI is InChI=1S/C26H27N3O5/c1-17-5-10-22(25(31)27-17)29-14-21-20(26(29)32)3-2-4-23(21)34-15-19-8-6-18(7-9-19)13-28-11-12-33-16-24(28)30/h2-4,6-9,22H,1,5,10-16H2,(H,27,31)/i8D,13D,15D. The summed E-state index contributed by atoms with van der Waals surface area (Å²) in [4.78, 5) is 40.5. The SMILES string of the molecule is [2H]c1cc(C([2H])N2CCOCC2=O)ccc1C([2H])Oc1cccc2c1CN(C1CCC(=C)NC1=O)C2=O. The largest absolute Gasteiger partial charge is 0.489 e. The molecule has 3 aliphatic heterocycles. The van der Waals surface area contributed by atoms with E-state index in [2.05, 4.69) is 11.9 Å². The number of rotatable bonds is 6. The Kier molecular flexibility index (Phi) is 5.13. The van der Waals surface area contributed by atoms with Gasteiger partial charge in [-0.05, 0) is 36.1 Å². The number of nitrogens with zero attached hydrogens (tertiary/aromatic N) is 2. The minimum Gasteiger partial charge on any atom is -0.489 e. The number of amides is 3. The highest BCUT2D eigenvalue weighted by molar-refractivity contribution is 6.02. The molecule has 3 aliphatic rings. The Bertz CT molecular complexity index is 1290. The van der Waals surface area contributed by atoms with E-state index >= 15 is 0 Å². The van der Waals surface area contributed by atoms with E-state index in [9.17, 15) is 14.4 Å². The summed E-state index contributed by atoms with van der Waals surface area (Å²) >= 11 is 0. The Labute approximate surface area is 202 Å². The monoisotopic (exact) mass is 464 g/mol. The zero-order chi connectivity index (χ0) is 26.3. The van der Waals surface area contributed by atoms with Crippen molar-refractivity contribution in [2.24, 2.45) is 0 Å². The molecule has 176 valence electrons. The maximum atomic E-state index is 13.1. The molecule has 5 rings (SSSR count). The molecule has 8 heteroatoms. The van der Waals surface area contributed by atoms with Gasteiger partial charge in [-0.2, -0.15) is 0 Å². The maximum absolute atomic E-state index is 13.1. The first-order chi connectivity index (χ1) is 17.7. The lowest BCUT2D eigenvalue weighted by molar-refractivity contribution is -0.143. The van der Waals surface area contributed by atoms with Crippen molar-refractivity contribution in [1.29, 1.82) is 0 Å². The van der Waals surface area contributed by atoms with Crippen LogP contribution in [0.15, 0.2) is 54.7 Å². The molecule has 1 N–H and O–H groups in total. The fourth-order valence-electron chi connectivity index (χ4n) is 4.32. The second-order valence-electron chi connectivity index (χ2n) is 8.44. The van der Waals surface area contributed by atoms with Gasteiger partial charge in [-0.15, -0.1) is 0 Å². The average Bonchev–Trinajstić information content (AvgIpc) is 3.21. The van der Waals surface area contributed by atoms with Gasteiger partial charge in [0.2, 0.25) is 11.8 Å². The molecular weight excluding hydrogens is 434 g/mol. The summed E-state index contributed by atoms with van der Waals surface area (Å²) in [5, 5.41) is 2.71. The molecule has 0 bridgehead atoms. The van der Waals surface area contributed by atoms with Gasteiger partial charge in [-0.1, -0.05) is 36.9 Å². The van der Waals surface area contributed by atoms with Gasteiger partial charge in [0, 0.05) is 29.9 Å². The summed E-state index contributed by atoms with van der Waals surface area (Å²) in [5.74, 6) is -0.460. The normalized spacial score (nSPS) is 23.5. The van der Waals surface area contributed by atoms with Crippen molar-refractivity contribution in [1.82, 2.24) is 15.1 Å². The van der Waals surface area contributed by atoms with Gasteiger partial charge in [0.25, 0.3) is 5.91 Å². The van der Waals surface area contributed by atoms with Crippen LogP contribution < -0.4 is 10.1 Å². The van der Waals surface area contributed by atoms with E-state index in [0.29, 0.717) is 54.1 Å². The zero-order valence-corrected chi connectivity index (χ0v) is 18.6. The van der Waals surface area contributed by atoms with Crippen LogP contribution in [-0.2, 0) is 34.0 Å². The minimum absolute atomic E-state index is 0.0137. The van der Waals surface area contributed by atoms with Crippen LogP contribution in [0.1, 0.15) is 44.0 Å². The third kappa shape index (κ3) is 4.41. The quantitative estimate of drug-likeness (QED) is 0.709. The zero-order valence-electron chi connectivity index (χ0n) is 21.6. The maximum Gasteiger partial charge on any atom is 0.255 e. The smallest absolute Gasteiger partial charge is 0.255 e. The summed E-state index contributed by atoms with van der Waals surface area (Å²) in [6, 6.07) is 9.07. The summed E-state index contributed by atoms with van der Waals surface area (Å²) in [7, 11) is 0. The van der Waals surface area contributed by atoms with Crippen molar-refractivity contribution in [2.45, 2.75) is 38.5 Å². The Morgan fingerprint density at radius 2 is 2.06 bits per heavy atom. The highest BCUT2D eigenvalue weighted by atomic mass is 16.5. The first kappa shape index (κ1) is 18.7. The molecule has 34 heavy (non-hydrogen) atoms. The van der Waals surface area contributed by atoms with E-state index < -0.39 is 19.1 Å². The third-order valence-corrected chi connectivity index (χ3v) is 6.15. The fraction of sp³-hybridized carbons (Fsp3) is 0.346. The Hall–Kier alpha value is -3.65. The van der Waals surface area contributed by atoms with Gasteiger partial charge in [0.15, 0.2) is 0 Å². The van der Waals surface area contributed by atoms with Crippen molar-refractivity contribution in [3.8, 4) is 5.75 Å². The van der Waals surface area contributed by atoms with Crippen LogP contribution in [-0.4, -0.2) is 53.3 Å². The van der Waals surface area contributed by atoms with E-state index in [1.54, 1.807) is 30.3 Å². The van der Waals surface area contributed by atoms with E-state index in [-0.39, 0.29) is 42.5 Å². The molecule has 8 nitrogen and oxygen atoms in total. The van der Waals surface area contributed by atoms with Crippen molar-refractivity contribution in [2.75, 3.05) is 19.8 Å². The highest BCUT2D eigenvalue weighted by Gasteiger charge is 2.39. The number of carbonyl (C=O) groups excluding carboxylic acids is 3. The topological polar surface area (TPSA) is 88.2 Å². The van der Waals surface area contributed by atoms with Crippen molar-refractivity contribution in [3.05, 3.63) is 77.0 Å². The molecule has 2 aromatic rings. The van der Waals surface area contributed by atoms with Gasteiger partial charge in [0.05, 0.1) is 17.3 Å². The van der Waals surface area contributed by atoms with Crippen LogP contribution in [0.5, 0.6) is 5.75 Å². The van der Waals surface area contributed by atoms with Crippen LogP contribution in [0.25, 0.3) is 0 Å². The van der Waals surface area contributed by atoms with E-state index in [4.69, 9.17) is 13.6 Å². The van der Waals surface area contributed by atoms with Gasteiger partial charge < -0.3 is 24.6 Å². The summed E-state index contributed by atoms with van der Waals surface area (Å²) in [6.45, 7) is 2.34. The Balaban J connectivity index is 1.32. The average molecular weight is 465 g/mol. The highest BCUT2D eigenvalue weighted by Crippen LogP contribution is 2.34. The summed E-state index contributed by atoms with van der Waals surface area (Å²) < 4.78 is 36.5. The van der Waals surface area contributed by atoms with E-state index in [1.165, 1.54) is 15.9 Å². The van der Waals surface area contributed by atoms with E-state index in [0.717, 1.165) is 0 Å². The molecule has 3 atom stereocenters. The fourth-order valence-corrected chi connectivity index (χ4v) is 4.32. The van der Waals surface area contributed by atoms with Crippen molar-refractivity contribution >= 4 is 17.7 Å². The molecule has 3 amide bonds. The molecule has 0 radical (unpaired) electrons. The number of hydrogen-bond donors (Lipinski definition) is 1. The van der Waals surface area contributed by atoms with Gasteiger partial charge >= 0.3 is 0 Å². The number of morpholine rings is 1. The number of nitrogens with one attached hydrogen (secondary N) is 1. The summed E-state index contributed by atoms with van der Waals surface area (Å²) in [6.07, 6.45) is 1.08. The molecule has 3 heterocycles. The van der Waals surface area contributed by atoms with Crippen molar-refractivity contribution < 1.29 is 28.0 Å². The molecule has 0 aromatic heterocycles. The first-order valence-corrected chi connectivity index (χ1v) is 11.1. The molecule has 0 saturated carbocycles. The van der Waals surface area contributed by atoms with Crippen LogP contribution in [0.4, 0.5) is 0 Å². The molecular formula is C26H27N3O5. The third-order valence-electron chi connectivity index (χ3n) is 6.15. The molecule has 0 aliphatic carbocycles. The summed E-state index contributed by atoms with van der Waals surface area (Å²) in [5.41, 5.74) is 2.41. The molecule has 2 fully saturated rings. The Morgan fingerprint density at radius 3 is 2.85 bits per heavy atom. The molecule has 2 saturated heterocycles. The van der Waals surface area contributed by atoms with E-state index in [1.807, 2.05) is 0 Å². The lowest BCUT2D eigenvalue weighted by Crippen LogP contribution is -2.49. The number of ether oxygens (including phenoxy) is 2. The predicted molar refractivity (Wildman–Crippen MR) is 124 cm³/mol.